The van der Waals surface area contributed by atoms with Crippen LogP contribution in [0, 0.1) is 11.8 Å². The highest BCUT2D eigenvalue weighted by molar-refractivity contribution is 5.50. The van der Waals surface area contributed by atoms with Gasteiger partial charge in [-0.05, 0) is 5.92 Å². The van der Waals surface area contributed by atoms with Crippen LogP contribution in [0.2, 0.25) is 0 Å². The van der Waals surface area contributed by atoms with E-state index in [9.17, 15) is 4.79 Å². The summed E-state index contributed by atoms with van der Waals surface area (Å²) in [6, 6.07) is 9.90. The quantitative estimate of drug-likeness (QED) is 0.781. The molecule has 0 N–H and O–H groups in total. The zero-order valence-corrected chi connectivity index (χ0v) is 11.8. The number of carbonyl (C=O) groups is 1. The van der Waals surface area contributed by atoms with Crippen molar-refractivity contribution in [3.63, 3.8) is 0 Å². The van der Waals surface area contributed by atoms with Crippen LogP contribution in [0.1, 0.15) is 39.0 Å². The first kappa shape index (κ1) is 14.2. The van der Waals surface area contributed by atoms with Gasteiger partial charge in [-0.15, -0.1) is 0 Å². The second-order valence-corrected chi connectivity index (χ2v) is 5.52. The molecule has 19 heavy (non-hydrogen) atoms. The maximum atomic E-state index is 10.8. The van der Waals surface area contributed by atoms with E-state index in [1.54, 1.807) is 0 Å². The van der Waals surface area contributed by atoms with E-state index >= 15 is 0 Å². The van der Waals surface area contributed by atoms with Crippen LogP contribution >= 0.6 is 0 Å². The average molecular weight is 262 g/mol. The van der Waals surface area contributed by atoms with Gasteiger partial charge in [0, 0.05) is 17.9 Å². The Morgan fingerprint density at radius 2 is 1.89 bits per heavy atom. The van der Waals surface area contributed by atoms with Crippen LogP contribution in [0.5, 0.6) is 0 Å². The van der Waals surface area contributed by atoms with Crippen molar-refractivity contribution < 1.29 is 14.3 Å². The molecular weight excluding hydrogens is 240 g/mol. The van der Waals surface area contributed by atoms with Crippen LogP contribution in [0.15, 0.2) is 30.3 Å². The standard InChI is InChI=1S/C16H22O3/c1-11(2)15-12(3)14(9-10-17)18-16(19-15)13-7-5-4-6-8-13/h4-8,10-12,14-16H,9H2,1-3H3/t12-,14+,15-,16+/m0/s1. The number of carbonyl (C=O) groups excluding carboxylic acids is 1. The number of ether oxygens (including phenoxy) is 2. The van der Waals surface area contributed by atoms with Crippen LogP contribution in [0.25, 0.3) is 0 Å². The highest BCUT2D eigenvalue weighted by Gasteiger charge is 2.38. The van der Waals surface area contributed by atoms with E-state index in [0.29, 0.717) is 12.3 Å². The van der Waals surface area contributed by atoms with Gasteiger partial charge >= 0.3 is 0 Å². The summed E-state index contributed by atoms with van der Waals surface area (Å²) in [5.74, 6) is 0.629. The largest absolute Gasteiger partial charge is 0.344 e. The minimum Gasteiger partial charge on any atom is -0.344 e. The van der Waals surface area contributed by atoms with Crippen molar-refractivity contribution in [2.75, 3.05) is 0 Å². The third-order valence-corrected chi connectivity index (χ3v) is 3.74. The summed E-state index contributed by atoms with van der Waals surface area (Å²) >= 11 is 0. The molecule has 2 rings (SSSR count). The van der Waals surface area contributed by atoms with Crippen LogP contribution in [-0.2, 0) is 14.3 Å². The Bertz CT molecular complexity index is 402. The summed E-state index contributed by atoms with van der Waals surface area (Å²) in [6.45, 7) is 6.39. The van der Waals surface area contributed by atoms with Gasteiger partial charge in [0.05, 0.1) is 12.2 Å². The molecule has 1 aliphatic heterocycles. The van der Waals surface area contributed by atoms with E-state index in [0.717, 1.165) is 11.8 Å². The first-order chi connectivity index (χ1) is 9.13. The molecule has 1 aromatic rings. The van der Waals surface area contributed by atoms with Crippen molar-refractivity contribution in [1.29, 1.82) is 0 Å². The van der Waals surface area contributed by atoms with E-state index < -0.39 is 0 Å². The van der Waals surface area contributed by atoms with Crippen molar-refractivity contribution in [2.45, 2.75) is 45.7 Å². The monoisotopic (exact) mass is 262 g/mol. The second kappa shape index (κ2) is 6.31. The van der Waals surface area contributed by atoms with Gasteiger partial charge in [0.15, 0.2) is 6.29 Å². The lowest BCUT2D eigenvalue weighted by atomic mass is 9.87. The predicted octanol–water partition coefficient (Wildman–Crippen LogP) is 3.35. The summed E-state index contributed by atoms with van der Waals surface area (Å²) in [6.07, 6.45) is 1.05. The fraction of sp³-hybridized carbons (Fsp3) is 0.562. The Balaban J connectivity index is 2.19. The number of benzene rings is 1. The first-order valence-electron chi connectivity index (χ1n) is 6.93. The Morgan fingerprint density at radius 1 is 1.21 bits per heavy atom. The van der Waals surface area contributed by atoms with Gasteiger partial charge in [-0.3, -0.25) is 0 Å². The molecule has 3 nitrogen and oxygen atoms in total. The van der Waals surface area contributed by atoms with Crippen molar-refractivity contribution in [3.05, 3.63) is 35.9 Å². The molecule has 1 saturated heterocycles. The van der Waals surface area contributed by atoms with Crippen molar-refractivity contribution in [2.24, 2.45) is 11.8 Å². The van der Waals surface area contributed by atoms with E-state index in [1.807, 2.05) is 30.3 Å². The second-order valence-electron chi connectivity index (χ2n) is 5.52. The normalized spacial score (nSPS) is 31.4. The van der Waals surface area contributed by atoms with Gasteiger partial charge < -0.3 is 14.3 Å². The average Bonchev–Trinajstić information content (AvgIpc) is 2.42. The lowest BCUT2D eigenvalue weighted by Crippen LogP contribution is -2.44. The first-order valence-corrected chi connectivity index (χ1v) is 6.93. The van der Waals surface area contributed by atoms with Gasteiger partial charge in [-0.2, -0.15) is 0 Å². The number of rotatable bonds is 4. The molecule has 0 amide bonds. The van der Waals surface area contributed by atoms with Crippen molar-refractivity contribution in [1.82, 2.24) is 0 Å². The molecule has 0 spiro atoms. The molecule has 0 bridgehead atoms. The summed E-state index contributed by atoms with van der Waals surface area (Å²) in [5.41, 5.74) is 1.01. The van der Waals surface area contributed by atoms with Crippen molar-refractivity contribution in [3.8, 4) is 0 Å². The topological polar surface area (TPSA) is 35.5 Å². The van der Waals surface area contributed by atoms with E-state index in [4.69, 9.17) is 9.47 Å². The molecule has 0 aromatic heterocycles. The molecule has 104 valence electrons. The minimum atomic E-state index is -0.366. The van der Waals surface area contributed by atoms with Crippen LogP contribution in [0.4, 0.5) is 0 Å². The van der Waals surface area contributed by atoms with Crippen LogP contribution in [0.3, 0.4) is 0 Å². The molecule has 1 fully saturated rings. The Morgan fingerprint density at radius 3 is 2.47 bits per heavy atom. The Labute approximate surface area is 114 Å². The smallest absolute Gasteiger partial charge is 0.184 e. The Kier molecular flexibility index (Phi) is 4.72. The predicted molar refractivity (Wildman–Crippen MR) is 73.6 cm³/mol. The zero-order chi connectivity index (χ0) is 13.8. The van der Waals surface area contributed by atoms with Gasteiger partial charge in [0.25, 0.3) is 0 Å². The number of aldehydes is 1. The highest BCUT2D eigenvalue weighted by atomic mass is 16.7. The fourth-order valence-corrected chi connectivity index (χ4v) is 2.69. The lowest BCUT2D eigenvalue weighted by Gasteiger charge is -2.42. The maximum absolute atomic E-state index is 10.8. The Hall–Kier alpha value is -1.19. The third kappa shape index (κ3) is 3.23. The van der Waals surface area contributed by atoms with Gasteiger partial charge in [0.1, 0.15) is 6.29 Å². The van der Waals surface area contributed by atoms with Gasteiger partial charge in [-0.25, -0.2) is 0 Å². The van der Waals surface area contributed by atoms with E-state index in [2.05, 4.69) is 20.8 Å². The van der Waals surface area contributed by atoms with Gasteiger partial charge in [0.2, 0.25) is 0 Å². The minimum absolute atomic E-state index is 0.0659. The summed E-state index contributed by atoms with van der Waals surface area (Å²) in [4.78, 5) is 10.8. The summed E-state index contributed by atoms with van der Waals surface area (Å²) < 4.78 is 12.0. The SMILES string of the molecule is CC(C)[C@@H]1O[C@H](c2ccccc2)O[C@H](CC=O)[C@@H]1C. The molecule has 0 saturated carbocycles. The molecular formula is C16H22O3. The highest BCUT2D eigenvalue weighted by Crippen LogP contribution is 2.36. The number of hydrogen-bond acceptors (Lipinski definition) is 3. The number of hydrogen-bond donors (Lipinski definition) is 0. The van der Waals surface area contributed by atoms with Crippen LogP contribution < -0.4 is 0 Å². The van der Waals surface area contributed by atoms with Gasteiger partial charge in [-0.1, -0.05) is 51.1 Å². The van der Waals surface area contributed by atoms with E-state index in [1.165, 1.54) is 0 Å². The summed E-state index contributed by atoms with van der Waals surface area (Å²) in [7, 11) is 0. The molecule has 1 heterocycles. The maximum Gasteiger partial charge on any atom is 0.184 e. The molecule has 1 aromatic carbocycles. The lowest BCUT2D eigenvalue weighted by molar-refractivity contribution is -0.278. The molecule has 4 atom stereocenters. The molecule has 0 unspecified atom stereocenters. The van der Waals surface area contributed by atoms with Crippen LogP contribution in [-0.4, -0.2) is 18.5 Å². The molecule has 0 radical (unpaired) electrons. The molecule has 1 aliphatic rings. The fourth-order valence-electron chi connectivity index (χ4n) is 2.69. The molecule has 3 heteroatoms. The zero-order valence-electron chi connectivity index (χ0n) is 11.8. The van der Waals surface area contributed by atoms with Crippen molar-refractivity contribution >= 4 is 6.29 Å². The van der Waals surface area contributed by atoms with E-state index in [-0.39, 0.29) is 24.4 Å². The third-order valence-electron chi connectivity index (χ3n) is 3.74. The summed E-state index contributed by atoms with van der Waals surface area (Å²) in [5, 5.41) is 0. The molecule has 0 aliphatic carbocycles.